The molecule has 1 fully saturated rings. The number of benzene rings is 1. The van der Waals surface area contributed by atoms with Crippen LogP contribution in [0.3, 0.4) is 0 Å². The number of ether oxygens (including phenoxy) is 1. The van der Waals surface area contributed by atoms with Gasteiger partial charge in [-0.05, 0) is 26.3 Å². The van der Waals surface area contributed by atoms with Crippen LogP contribution in [0.1, 0.15) is 39.2 Å². The Balaban J connectivity index is 2.04. The van der Waals surface area contributed by atoms with Crippen molar-refractivity contribution >= 4 is 18.0 Å². The molecule has 2 amide bonds. The van der Waals surface area contributed by atoms with E-state index >= 15 is 0 Å². The maximum atomic E-state index is 12.8. The lowest BCUT2D eigenvalue weighted by Crippen LogP contribution is -2.59. The van der Waals surface area contributed by atoms with Gasteiger partial charge >= 0.3 is 12.1 Å². The van der Waals surface area contributed by atoms with Gasteiger partial charge in [-0.25, -0.2) is 4.79 Å². The van der Waals surface area contributed by atoms with Crippen molar-refractivity contribution < 1.29 is 24.2 Å². The Morgan fingerprint density at radius 2 is 1.87 bits per heavy atom. The first-order valence-corrected chi connectivity index (χ1v) is 10.5. The molecule has 2 rings (SSSR count). The van der Waals surface area contributed by atoms with E-state index in [9.17, 15) is 19.5 Å². The molecular weight excluding hydrogens is 386 g/mol. The van der Waals surface area contributed by atoms with Gasteiger partial charge in [-0.15, -0.1) is 0 Å². The fraction of sp³-hybridized carbons (Fsp3) is 0.591. The normalized spacial score (nSPS) is 17.1. The summed E-state index contributed by atoms with van der Waals surface area (Å²) in [6.45, 7) is 8.45. The predicted octanol–water partition coefficient (Wildman–Crippen LogP) is 2.43. The van der Waals surface area contributed by atoms with E-state index < -0.39 is 12.1 Å². The van der Waals surface area contributed by atoms with Crippen molar-refractivity contribution in [3.63, 3.8) is 0 Å². The van der Waals surface area contributed by atoms with E-state index in [-0.39, 0.29) is 37.4 Å². The van der Waals surface area contributed by atoms with Gasteiger partial charge in [0.2, 0.25) is 5.91 Å². The number of carbonyl (C=O) groups is 3. The predicted molar refractivity (Wildman–Crippen MR) is 113 cm³/mol. The summed E-state index contributed by atoms with van der Waals surface area (Å²) in [6.07, 6.45) is -0.879. The molecule has 1 aliphatic heterocycles. The average molecular weight is 420 g/mol. The number of rotatable bonds is 9. The third-order valence-corrected chi connectivity index (χ3v) is 5.26. The average Bonchev–Trinajstić information content (AvgIpc) is 2.71. The number of hydrogen-bond acceptors (Lipinski definition) is 5. The van der Waals surface area contributed by atoms with Gasteiger partial charge in [-0.1, -0.05) is 30.3 Å². The second kappa shape index (κ2) is 11.5. The number of esters is 1. The van der Waals surface area contributed by atoms with Crippen LogP contribution in [0.15, 0.2) is 30.3 Å². The third-order valence-electron chi connectivity index (χ3n) is 5.26. The van der Waals surface area contributed by atoms with Crippen molar-refractivity contribution in [2.75, 3.05) is 32.8 Å². The van der Waals surface area contributed by atoms with E-state index in [2.05, 4.69) is 17.0 Å². The number of amides is 2. The minimum atomic E-state index is -0.970. The Morgan fingerprint density at radius 3 is 2.47 bits per heavy atom. The van der Waals surface area contributed by atoms with Crippen LogP contribution in [0.2, 0.25) is 0 Å². The summed E-state index contributed by atoms with van der Waals surface area (Å²) in [4.78, 5) is 41.5. The highest BCUT2D eigenvalue weighted by molar-refractivity contribution is 5.81. The first-order chi connectivity index (χ1) is 14.3. The highest BCUT2D eigenvalue weighted by atomic mass is 16.5. The van der Waals surface area contributed by atoms with Crippen LogP contribution in [0.5, 0.6) is 0 Å². The first kappa shape index (κ1) is 23.7. The molecule has 30 heavy (non-hydrogen) atoms. The van der Waals surface area contributed by atoms with Crippen LogP contribution in [-0.2, 0) is 20.9 Å². The maximum absolute atomic E-state index is 12.8. The van der Waals surface area contributed by atoms with Crippen molar-refractivity contribution in [3.8, 4) is 0 Å². The van der Waals surface area contributed by atoms with Crippen LogP contribution in [0.4, 0.5) is 4.79 Å². The van der Waals surface area contributed by atoms with E-state index in [1.165, 1.54) is 10.5 Å². The van der Waals surface area contributed by atoms with E-state index in [1.807, 2.05) is 32.0 Å². The lowest BCUT2D eigenvalue weighted by molar-refractivity contribution is -0.146. The van der Waals surface area contributed by atoms with Gasteiger partial charge in [0.25, 0.3) is 0 Å². The molecule has 0 spiro atoms. The molecule has 1 heterocycles. The quantitative estimate of drug-likeness (QED) is 0.619. The highest BCUT2D eigenvalue weighted by Crippen LogP contribution is 2.17. The monoisotopic (exact) mass is 419 g/mol. The van der Waals surface area contributed by atoms with Gasteiger partial charge < -0.3 is 19.6 Å². The molecule has 166 valence electrons. The summed E-state index contributed by atoms with van der Waals surface area (Å²) >= 11 is 0. The SMILES string of the molecule is CCOC(=O)CCC(=O)N(C[C@@H]1CN(Cc2ccccc2)CCN1C(=O)O)C(C)C. The third kappa shape index (κ3) is 7.02. The summed E-state index contributed by atoms with van der Waals surface area (Å²) < 4.78 is 4.90. The molecule has 1 atom stereocenters. The Labute approximate surface area is 178 Å². The van der Waals surface area contributed by atoms with Crippen molar-refractivity contribution in [3.05, 3.63) is 35.9 Å². The smallest absolute Gasteiger partial charge is 0.407 e. The summed E-state index contributed by atoms with van der Waals surface area (Å²) in [5, 5.41) is 9.65. The van der Waals surface area contributed by atoms with E-state index in [1.54, 1.807) is 11.8 Å². The zero-order valence-electron chi connectivity index (χ0n) is 18.1. The molecule has 8 nitrogen and oxygen atoms in total. The summed E-state index contributed by atoms with van der Waals surface area (Å²) in [5.74, 6) is -0.558. The lowest BCUT2D eigenvalue weighted by atomic mass is 10.1. The van der Waals surface area contributed by atoms with Gasteiger partial charge in [0.05, 0.1) is 19.1 Å². The van der Waals surface area contributed by atoms with E-state index in [0.717, 1.165) is 6.54 Å². The highest BCUT2D eigenvalue weighted by Gasteiger charge is 2.33. The molecule has 1 aliphatic rings. The Morgan fingerprint density at radius 1 is 1.17 bits per heavy atom. The summed E-state index contributed by atoms with van der Waals surface area (Å²) in [5.41, 5.74) is 1.17. The molecule has 1 N–H and O–H groups in total. The molecule has 0 aromatic heterocycles. The number of nitrogens with zero attached hydrogens (tertiary/aromatic N) is 3. The van der Waals surface area contributed by atoms with Crippen molar-refractivity contribution in [1.82, 2.24) is 14.7 Å². The lowest BCUT2D eigenvalue weighted by Gasteiger charge is -2.42. The number of carboxylic acid groups (broad SMARTS) is 1. The Hall–Kier alpha value is -2.61. The molecule has 0 radical (unpaired) electrons. The summed E-state index contributed by atoms with van der Waals surface area (Å²) in [7, 11) is 0. The Kier molecular flexibility index (Phi) is 9.11. The van der Waals surface area contributed by atoms with Gasteiger partial charge in [0.15, 0.2) is 0 Å². The maximum Gasteiger partial charge on any atom is 0.407 e. The van der Waals surface area contributed by atoms with Crippen LogP contribution < -0.4 is 0 Å². The van der Waals surface area contributed by atoms with Crippen molar-refractivity contribution in [2.45, 2.75) is 52.2 Å². The van der Waals surface area contributed by atoms with E-state index in [4.69, 9.17) is 4.74 Å². The minimum Gasteiger partial charge on any atom is -0.466 e. The molecule has 0 unspecified atom stereocenters. The minimum absolute atomic E-state index is 0.0311. The molecule has 1 saturated heterocycles. The first-order valence-electron chi connectivity index (χ1n) is 10.5. The zero-order chi connectivity index (χ0) is 22.1. The van der Waals surface area contributed by atoms with Crippen molar-refractivity contribution in [1.29, 1.82) is 0 Å². The van der Waals surface area contributed by atoms with Gasteiger partial charge in [-0.2, -0.15) is 0 Å². The molecule has 1 aromatic carbocycles. The van der Waals surface area contributed by atoms with E-state index in [0.29, 0.717) is 26.2 Å². The largest absolute Gasteiger partial charge is 0.466 e. The van der Waals surface area contributed by atoms with Crippen molar-refractivity contribution in [2.24, 2.45) is 0 Å². The molecule has 0 bridgehead atoms. The summed E-state index contributed by atoms with van der Waals surface area (Å²) in [6, 6.07) is 9.63. The number of hydrogen-bond donors (Lipinski definition) is 1. The van der Waals surface area contributed by atoms with Gasteiger partial charge in [-0.3, -0.25) is 14.5 Å². The van der Waals surface area contributed by atoms with Crippen LogP contribution in [0, 0.1) is 0 Å². The molecular formula is C22H33N3O5. The second-order valence-corrected chi connectivity index (χ2v) is 7.80. The molecule has 1 aromatic rings. The van der Waals surface area contributed by atoms with Crippen LogP contribution >= 0.6 is 0 Å². The topological polar surface area (TPSA) is 90.4 Å². The fourth-order valence-corrected chi connectivity index (χ4v) is 3.73. The van der Waals surface area contributed by atoms with Gasteiger partial charge in [0, 0.05) is 45.2 Å². The van der Waals surface area contributed by atoms with Crippen LogP contribution in [0.25, 0.3) is 0 Å². The standard InChI is InChI=1S/C22H33N3O5/c1-4-30-21(27)11-10-20(26)25(17(2)3)16-19-15-23(12-13-24(19)22(28)29)14-18-8-6-5-7-9-18/h5-9,17,19H,4,10-16H2,1-3H3,(H,28,29)/t19-/m0/s1. The Bertz CT molecular complexity index is 710. The number of piperazine rings is 1. The zero-order valence-corrected chi connectivity index (χ0v) is 18.1. The second-order valence-electron chi connectivity index (χ2n) is 7.80. The molecule has 0 saturated carbocycles. The molecule has 8 heteroatoms. The molecule has 0 aliphatic carbocycles. The van der Waals surface area contributed by atoms with Crippen LogP contribution in [-0.4, -0.2) is 82.6 Å². The van der Waals surface area contributed by atoms with Gasteiger partial charge in [0.1, 0.15) is 0 Å². The number of carbonyl (C=O) groups excluding carboxylic acids is 2. The fourth-order valence-electron chi connectivity index (χ4n) is 3.73.